The van der Waals surface area contributed by atoms with Crippen LogP contribution in [0.15, 0.2) is 48.5 Å². The monoisotopic (exact) mass is 389 g/mol. The number of hydrogen-bond donors (Lipinski definition) is 2. The highest BCUT2D eigenvalue weighted by molar-refractivity contribution is 6.31. The number of ether oxygens (including phenoxy) is 2. The first-order valence-corrected chi connectivity index (χ1v) is 8.98. The van der Waals surface area contributed by atoms with Crippen LogP contribution in [-0.4, -0.2) is 36.8 Å². The minimum atomic E-state index is -1.05. The van der Waals surface area contributed by atoms with Crippen molar-refractivity contribution in [1.82, 2.24) is 0 Å². The molecule has 0 aliphatic carbocycles. The summed E-state index contributed by atoms with van der Waals surface area (Å²) in [6, 6.07) is 14.0. The van der Waals surface area contributed by atoms with E-state index in [1.807, 2.05) is 18.2 Å². The predicted molar refractivity (Wildman–Crippen MR) is 101 cm³/mol. The van der Waals surface area contributed by atoms with Crippen LogP contribution in [0.2, 0.25) is 5.02 Å². The Hall–Kier alpha value is -2.57. The molecule has 1 saturated heterocycles. The number of nitrogens with one attached hydrogen (secondary N) is 1. The number of carboxylic acids is 1. The molecule has 7 heteroatoms. The average Bonchev–Trinajstić information content (AvgIpc) is 2.68. The van der Waals surface area contributed by atoms with Crippen LogP contribution in [0.4, 0.5) is 5.69 Å². The maximum absolute atomic E-state index is 13.2. The van der Waals surface area contributed by atoms with Crippen LogP contribution in [0, 0.1) is 0 Å². The van der Waals surface area contributed by atoms with Gasteiger partial charge in [0.05, 0.1) is 5.41 Å². The number of benzene rings is 2. The number of rotatable bonds is 6. The number of hydrogen-bond acceptors (Lipinski definition) is 4. The van der Waals surface area contributed by atoms with Crippen molar-refractivity contribution in [2.75, 3.05) is 25.1 Å². The fourth-order valence-corrected chi connectivity index (χ4v) is 3.53. The van der Waals surface area contributed by atoms with Gasteiger partial charge in [-0.2, -0.15) is 0 Å². The molecule has 6 nitrogen and oxygen atoms in total. The van der Waals surface area contributed by atoms with E-state index in [2.05, 4.69) is 5.32 Å². The van der Waals surface area contributed by atoms with Crippen LogP contribution in [0.5, 0.6) is 5.75 Å². The summed E-state index contributed by atoms with van der Waals surface area (Å²) >= 11 is 6.39. The van der Waals surface area contributed by atoms with Crippen LogP contribution in [-0.2, 0) is 19.7 Å². The van der Waals surface area contributed by atoms with Crippen molar-refractivity contribution in [3.05, 3.63) is 59.1 Å². The molecular formula is C20H20ClNO5. The molecule has 2 N–H and O–H groups in total. The highest BCUT2D eigenvalue weighted by Crippen LogP contribution is 2.39. The van der Waals surface area contributed by atoms with E-state index in [1.165, 1.54) is 0 Å². The van der Waals surface area contributed by atoms with Gasteiger partial charge >= 0.3 is 5.97 Å². The van der Waals surface area contributed by atoms with Crippen molar-refractivity contribution < 1.29 is 24.2 Å². The number of carbonyl (C=O) groups excluding carboxylic acids is 1. The molecule has 2 aromatic carbocycles. The predicted octanol–water partition coefficient (Wildman–Crippen LogP) is 3.49. The summed E-state index contributed by atoms with van der Waals surface area (Å²) in [5, 5.41) is 12.2. The summed E-state index contributed by atoms with van der Waals surface area (Å²) in [4.78, 5) is 23.8. The molecule has 27 heavy (non-hydrogen) atoms. The topological polar surface area (TPSA) is 84.9 Å². The SMILES string of the molecule is O=C(O)COc1ccc(NC(=O)C2(c3ccccc3Cl)CCOCC2)cc1. The number of halogens is 1. The van der Waals surface area contributed by atoms with Gasteiger partial charge < -0.3 is 19.9 Å². The molecular weight excluding hydrogens is 370 g/mol. The van der Waals surface area contributed by atoms with Crippen molar-refractivity contribution in [3.63, 3.8) is 0 Å². The molecule has 0 unspecified atom stereocenters. The van der Waals surface area contributed by atoms with Gasteiger partial charge in [0.15, 0.2) is 6.61 Å². The third-order valence-electron chi connectivity index (χ3n) is 4.64. The smallest absolute Gasteiger partial charge is 0.341 e. The normalized spacial score (nSPS) is 15.7. The lowest BCUT2D eigenvalue weighted by atomic mass is 9.73. The first kappa shape index (κ1) is 19.2. The van der Waals surface area contributed by atoms with E-state index in [1.54, 1.807) is 30.3 Å². The number of aliphatic carboxylic acids is 1. The zero-order chi connectivity index (χ0) is 19.3. The Morgan fingerprint density at radius 3 is 2.41 bits per heavy atom. The summed E-state index contributed by atoms with van der Waals surface area (Å²) in [6.07, 6.45) is 1.09. The molecule has 1 aliphatic heterocycles. The molecule has 1 heterocycles. The van der Waals surface area contributed by atoms with Crippen LogP contribution in [0.1, 0.15) is 18.4 Å². The molecule has 0 aromatic heterocycles. The summed E-state index contributed by atoms with van der Waals surface area (Å²) in [5.41, 5.74) is 0.643. The molecule has 0 atom stereocenters. The van der Waals surface area contributed by atoms with E-state index < -0.39 is 18.0 Å². The third-order valence-corrected chi connectivity index (χ3v) is 4.97. The maximum atomic E-state index is 13.2. The zero-order valence-electron chi connectivity index (χ0n) is 14.6. The fourth-order valence-electron chi connectivity index (χ4n) is 3.22. The largest absolute Gasteiger partial charge is 0.482 e. The summed E-state index contributed by atoms with van der Waals surface area (Å²) < 4.78 is 10.6. The molecule has 1 amide bonds. The Kier molecular flexibility index (Phi) is 5.98. The molecule has 0 bridgehead atoms. The quantitative estimate of drug-likeness (QED) is 0.790. The Morgan fingerprint density at radius 1 is 1.11 bits per heavy atom. The van der Waals surface area contributed by atoms with E-state index in [9.17, 15) is 9.59 Å². The van der Waals surface area contributed by atoms with Crippen LogP contribution in [0.25, 0.3) is 0 Å². The third kappa shape index (κ3) is 4.40. The number of amides is 1. The van der Waals surface area contributed by atoms with Crippen molar-refractivity contribution in [1.29, 1.82) is 0 Å². The van der Waals surface area contributed by atoms with Gasteiger partial charge in [0.1, 0.15) is 5.75 Å². The molecule has 3 rings (SSSR count). The number of carbonyl (C=O) groups is 2. The first-order valence-electron chi connectivity index (χ1n) is 8.60. The molecule has 1 aliphatic rings. The van der Waals surface area contributed by atoms with Gasteiger partial charge in [-0.05, 0) is 48.7 Å². The van der Waals surface area contributed by atoms with Gasteiger partial charge in [-0.1, -0.05) is 29.8 Å². The Balaban J connectivity index is 1.79. The fraction of sp³-hybridized carbons (Fsp3) is 0.300. The summed E-state index contributed by atoms with van der Waals surface area (Å²) in [5.74, 6) is -0.769. The van der Waals surface area contributed by atoms with E-state index in [-0.39, 0.29) is 5.91 Å². The second kappa shape index (κ2) is 8.41. The Morgan fingerprint density at radius 2 is 1.78 bits per heavy atom. The highest BCUT2D eigenvalue weighted by Gasteiger charge is 2.43. The highest BCUT2D eigenvalue weighted by atomic mass is 35.5. The Labute approximate surface area is 162 Å². The molecule has 1 fully saturated rings. The van der Waals surface area contributed by atoms with E-state index in [0.717, 1.165) is 5.56 Å². The van der Waals surface area contributed by atoms with Crippen molar-refractivity contribution >= 4 is 29.2 Å². The lowest BCUT2D eigenvalue weighted by Crippen LogP contribution is -2.45. The van der Waals surface area contributed by atoms with Crippen molar-refractivity contribution in [2.45, 2.75) is 18.3 Å². The second-order valence-corrected chi connectivity index (χ2v) is 6.74. The minimum absolute atomic E-state index is 0.141. The average molecular weight is 390 g/mol. The van der Waals surface area contributed by atoms with Crippen LogP contribution in [0.3, 0.4) is 0 Å². The Bertz CT molecular complexity index is 815. The lowest BCUT2D eigenvalue weighted by Gasteiger charge is -2.36. The molecule has 142 valence electrons. The molecule has 0 saturated carbocycles. The number of anilines is 1. The van der Waals surface area contributed by atoms with Crippen LogP contribution < -0.4 is 10.1 Å². The number of carboxylic acid groups (broad SMARTS) is 1. The van der Waals surface area contributed by atoms with E-state index >= 15 is 0 Å². The van der Waals surface area contributed by atoms with Gasteiger partial charge in [0, 0.05) is 23.9 Å². The van der Waals surface area contributed by atoms with Crippen molar-refractivity contribution in [3.8, 4) is 5.75 Å². The van der Waals surface area contributed by atoms with E-state index in [4.69, 9.17) is 26.2 Å². The van der Waals surface area contributed by atoms with Gasteiger partial charge in [-0.3, -0.25) is 4.79 Å². The standard InChI is InChI=1S/C20H20ClNO5/c21-17-4-2-1-3-16(17)20(9-11-26-12-10-20)19(25)22-14-5-7-15(8-6-14)27-13-18(23)24/h1-8H,9-13H2,(H,22,25)(H,23,24). The second-order valence-electron chi connectivity index (χ2n) is 6.34. The first-order chi connectivity index (χ1) is 13.0. The maximum Gasteiger partial charge on any atom is 0.341 e. The summed E-state index contributed by atoms with van der Waals surface area (Å²) in [6.45, 7) is 0.558. The molecule has 2 aromatic rings. The van der Waals surface area contributed by atoms with Crippen molar-refractivity contribution in [2.24, 2.45) is 0 Å². The van der Waals surface area contributed by atoms with E-state index in [0.29, 0.717) is 42.5 Å². The molecule has 0 radical (unpaired) electrons. The summed E-state index contributed by atoms with van der Waals surface area (Å²) in [7, 11) is 0. The van der Waals surface area contributed by atoms with Crippen LogP contribution >= 0.6 is 11.6 Å². The van der Waals surface area contributed by atoms with Gasteiger partial charge in [-0.25, -0.2) is 4.79 Å². The van der Waals surface area contributed by atoms with Gasteiger partial charge in [0.25, 0.3) is 0 Å². The zero-order valence-corrected chi connectivity index (χ0v) is 15.4. The van der Waals surface area contributed by atoms with Gasteiger partial charge in [0.2, 0.25) is 5.91 Å². The van der Waals surface area contributed by atoms with Gasteiger partial charge in [-0.15, -0.1) is 0 Å². The molecule has 0 spiro atoms. The minimum Gasteiger partial charge on any atom is -0.482 e. The lowest BCUT2D eigenvalue weighted by molar-refractivity contribution is -0.139.